The predicted octanol–water partition coefficient (Wildman–Crippen LogP) is 2.57. The molecule has 118 valence electrons. The fourth-order valence-electron chi connectivity index (χ4n) is 1.93. The van der Waals surface area contributed by atoms with Gasteiger partial charge in [0.05, 0.1) is 6.10 Å². The van der Waals surface area contributed by atoms with Crippen LogP contribution in [-0.2, 0) is 30.3 Å². The van der Waals surface area contributed by atoms with E-state index in [4.69, 9.17) is 18.9 Å². The molecule has 2 rings (SSSR count). The Labute approximate surface area is 128 Å². The number of carbonyl (C=O) groups excluding carboxylic acids is 2. The van der Waals surface area contributed by atoms with Gasteiger partial charge in [0, 0.05) is 6.92 Å². The van der Waals surface area contributed by atoms with Gasteiger partial charge in [0.2, 0.25) is 6.29 Å². The summed E-state index contributed by atoms with van der Waals surface area (Å²) in [5.74, 6) is -0.397. The normalized spacial score (nSPS) is 23.6. The van der Waals surface area contributed by atoms with Crippen LogP contribution in [0.15, 0.2) is 42.5 Å². The van der Waals surface area contributed by atoms with E-state index in [1.165, 1.54) is 13.0 Å². The number of esters is 1. The molecule has 0 saturated carbocycles. The summed E-state index contributed by atoms with van der Waals surface area (Å²) in [6, 6.07) is 9.28. The SMILES string of the molecule is CC(=O)O[C@@H]1C=C[C@H](OC(=O)OCc2ccccc2)O[C@H]1C. The Morgan fingerprint density at radius 3 is 2.50 bits per heavy atom. The lowest BCUT2D eigenvalue weighted by Crippen LogP contribution is -2.37. The fourth-order valence-corrected chi connectivity index (χ4v) is 1.93. The van der Waals surface area contributed by atoms with Gasteiger partial charge < -0.3 is 18.9 Å². The zero-order valence-electron chi connectivity index (χ0n) is 12.4. The maximum Gasteiger partial charge on any atom is 0.511 e. The van der Waals surface area contributed by atoms with Crippen molar-refractivity contribution < 1.29 is 28.5 Å². The number of benzene rings is 1. The van der Waals surface area contributed by atoms with Crippen LogP contribution >= 0.6 is 0 Å². The Kier molecular flexibility index (Phi) is 5.55. The van der Waals surface area contributed by atoms with Crippen molar-refractivity contribution in [1.29, 1.82) is 0 Å². The van der Waals surface area contributed by atoms with E-state index >= 15 is 0 Å². The molecule has 0 N–H and O–H groups in total. The first kappa shape index (κ1) is 16.0. The van der Waals surface area contributed by atoms with Crippen molar-refractivity contribution in [3.05, 3.63) is 48.0 Å². The van der Waals surface area contributed by atoms with Crippen LogP contribution in [-0.4, -0.2) is 30.6 Å². The largest absolute Gasteiger partial charge is 0.511 e. The standard InChI is InChI=1S/C16H18O6/c1-11-14(21-12(2)17)8-9-15(20-11)22-16(18)19-10-13-6-4-3-5-7-13/h3-9,11,14-15H,10H2,1-2H3/t11-,14+,15-/m0/s1. The third-order valence-electron chi connectivity index (χ3n) is 2.98. The number of ether oxygens (including phenoxy) is 4. The zero-order chi connectivity index (χ0) is 15.9. The van der Waals surface area contributed by atoms with Gasteiger partial charge in [0.25, 0.3) is 0 Å². The van der Waals surface area contributed by atoms with Crippen molar-refractivity contribution in [2.75, 3.05) is 0 Å². The van der Waals surface area contributed by atoms with Crippen molar-refractivity contribution in [3.63, 3.8) is 0 Å². The predicted molar refractivity (Wildman–Crippen MR) is 76.7 cm³/mol. The van der Waals surface area contributed by atoms with Crippen LogP contribution < -0.4 is 0 Å². The summed E-state index contributed by atoms with van der Waals surface area (Å²) in [5.41, 5.74) is 0.864. The van der Waals surface area contributed by atoms with Gasteiger partial charge >= 0.3 is 12.1 Å². The van der Waals surface area contributed by atoms with Gasteiger partial charge in [0.1, 0.15) is 12.7 Å². The quantitative estimate of drug-likeness (QED) is 0.629. The zero-order valence-corrected chi connectivity index (χ0v) is 12.4. The van der Waals surface area contributed by atoms with E-state index in [1.54, 1.807) is 13.0 Å². The molecule has 0 aromatic heterocycles. The topological polar surface area (TPSA) is 71.1 Å². The highest BCUT2D eigenvalue weighted by Gasteiger charge is 2.28. The van der Waals surface area contributed by atoms with E-state index in [9.17, 15) is 9.59 Å². The number of hydrogen-bond donors (Lipinski definition) is 0. The van der Waals surface area contributed by atoms with Crippen molar-refractivity contribution in [1.82, 2.24) is 0 Å². The van der Waals surface area contributed by atoms with Crippen LogP contribution in [0.3, 0.4) is 0 Å². The first-order valence-corrected chi connectivity index (χ1v) is 6.93. The van der Waals surface area contributed by atoms with Gasteiger partial charge in [-0.25, -0.2) is 4.79 Å². The number of carbonyl (C=O) groups is 2. The summed E-state index contributed by atoms with van der Waals surface area (Å²) in [5, 5.41) is 0. The smallest absolute Gasteiger partial charge is 0.456 e. The lowest BCUT2D eigenvalue weighted by atomic mass is 10.1. The summed E-state index contributed by atoms with van der Waals surface area (Å²) in [4.78, 5) is 22.5. The molecular formula is C16H18O6. The monoisotopic (exact) mass is 306 g/mol. The average molecular weight is 306 g/mol. The molecule has 0 radical (unpaired) electrons. The van der Waals surface area contributed by atoms with Crippen LogP contribution in [0.1, 0.15) is 19.4 Å². The second kappa shape index (κ2) is 7.61. The summed E-state index contributed by atoms with van der Waals surface area (Å²) in [6.07, 6.45) is 0.558. The molecule has 1 aromatic rings. The molecule has 0 aliphatic carbocycles. The van der Waals surface area contributed by atoms with Gasteiger partial charge in [-0.05, 0) is 24.6 Å². The minimum atomic E-state index is -0.856. The van der Waals surface area contributed by atoms with E-state index in [0.717, 1.165) is 5.56 Å². The molecule has 3 atom stereocenters. The van der Waals surface area contributed by atoms with E-state index in [2.05, 4.69) is 0 Å². The van der Waals surface area contributed by atoms with Crippen LogP contribution in [0.4, 0.5) is 4.79 Å². The summed E-state index contributed by atoms with van der Waals surface area (Å²) in [7, 11) is 0. The molecule has 1 aromatic carbocycles. The molecule has 22 heavy (non-hydrogen) atoms. The molecule has 0 saturated heterocycles. The fraction of sp³-hybridized carbons (Fsp3) is 0.375. The molecule has 0 unspecified atom stereocenters. The van der Waals surface area contributed by atoms with Crippen LogP contribution in [0.2, 0.25) is 0 Å². The Hall–Kier alpha value is -2.34. The Morgan fingerprint density at radius 1 is 1.14 bits per heavy atom. The number of rotatable bonds is 4. The molecular weight excluding hydrogens is 288 g/mol. The molecule has 1 aliphatic rings. The van der Waals surface area contributed by atoms with E-state index in [-0.39, 0.29) is 6.61 Å². The minimum Gasteiger partial charge on any atom is -0.456 e. The molecule has 0 bridgehead atoms. The van der Waals surface area contributed by atoms with E-state index in [0.29, 0.717) is 0 Å². The molecule has 0 spiro atoms. The Balaban J connectivity index is 1.79. The van der Waals surface area contributed by atoms with Crippen LogP contribution in [0, 0.1) is 0 Å². The second-order valence-electron chi connectivity index (χ2n) is 4.81. The van der Waals surface area contributed by atoms with Gasteiger partial charge in [-0.3, -0.25) is 4.79 Å². The average Bonchev–Trinajstić information content (AvgIpc) is 2.49. The van der Waals surface area contributed by atoms with Crippen LogP contribution in [0.25, 0.3) is 0 Å². The summed E-state index contributed by atoms with van der Waals surface area (Å²) >= 11 is 0. The highest BCUT2D eigenvalue weighted by molar-refractivity contribution is 5.66. The third-order valence-corrected chi connectivity index (χ3v) is 2.98. The van der Waals surface area contributed by atoms with Crippen molar-refractivity contribution >= 4 is 12.1 Å². The molecule has 1 heterocycles. The molecule has 6 nitrogen and oxygen atoms in total. The van der Waals surface area contributed by atoms with Crippen molar-refractivity contribution in [2.24, 2.45) is 0 Å². The van der Waals surface area contributed by atoms with Crippen LogP contribution in [0.5, 0.6) is 0 Å². The van der Waals surface area contributed by atoms with Crippen molar-refractivity contribution in [3.8, 4) is 0 Å². The lowest BCUT2D eigenvalue weighted by molar-refractivity contribution is -0.172. The molecule has 0 fully saturated rings. The Bertz CT molecular complexity index is 539. The maximum atomic E-state index is 11.6. The lowest BCUT2D eigenvalue weighted by Gasteiger charge is -2.28. The summed E-state index contributed by atoms with van der Waals surface area (Å²) in [6.45, 7) is 3.18. The minimum absolute atomic E-state index is 0.127. The van der Waals surface area contributed by atoms with E-state index in [1.807, 2.05) is 30.3 Å². The van der Waals surface area contributed by atoms with Gasteiger partial charge in [0.15, 0.2) is 0 Å². The van der Waals surface area contributed by atoms with E-state index < -0.39 is 30.6 Å². The first-order chi connectivity index (χ1) is 10.5. The maximum absolute atomic E-state index is 11.6. The van der Waals surface area contributed by atoms with Gasteiger partial charge in [-0.2, -0.15) is 0 Å². The summed E-state index contributed by atoms with van der Waals surface area (Å²) < 4.78 is 20.5. The first-order valence-electron chi connectivity index (χ1n) is 6.93. The molecule has 6 heteroatoms. The molecule has 1 aliphatic heterocycles. The second-order valence-corrected chi connectivity index (χ2v) is 4.81. The highest BCUT2D eigenvalue weighted by Crippen LogP contribution is 2.17. The Morgan fingerprint density at radius 2 is 1.86 bits per heavy atom. The number of hydrogen-bond acceptors (Lipinski definition) is 6. The van der Waals surface area contributed by atoms with Crippen molar-refractivity contribution in [2.45, 2.75) is 39.0 Å². The third kappa shape index (κ3) is 4.89. The van der Waals surface area contributed by atoms with Gasteiger partial charge in [-0.15, -0.1) is 0 Å². The molecule has 0 amide bonds. The van der Waals surface area contributed by atoms with Gasteiger partial charge in [-0.1, -0.05) is 30.3 Å². The highest BCUT2D eigenvalue weighted by atomic mass is 16.8.